The summed E-state index contributed by atoms with van der Waals surface area (Å²) in [5, 5.41) is 5.05. The van der Waals surface area contributed by atoms with Gasteiger partial charge in [0.15, 0.2) is 0 Å². The summed E-state index contributed by atoms with van der Waals surface area (Å²) in [5.74, 6) is 0. The molecule has 0 saturated carbocycles. The molecule has 0 aliphatic heterocycles. The second-order valence-electron chi connectivity index (χ2n) is 16.2. The van der Waals surface area contributed by atoms with Gasteiger partial charge in [0.1, 0.15) is 0 Å². The van der Waals surface area contributed by atoms with Gasteiger partial charge in [0.25, 0.3) is 0 Å². The molecule has 2 nitrogen and oxygen atoms in total. The SMILES string of the molecule is c1ccc(-n2c3ccccc3c3cc(-c4ccc(-c5cccc(-c6cccc(-c7ccc(-c8ccc9c(c8)c8ccccc8n9-c8ccccc8)cc7)c6)c5)cc4)ccc32)cc1. The molecule has 0 saturated heterocycles. The normalized spacial score (nSPS) is 11.5. The lowest BCUT2D eigenvalue weighted by molar-refractivity contribution is 1.18. The van der Waals surface area contributed by atoms with Crippen LogP contribution in [0, 0.1) is 0 Å². The Hall–Kier alpha value is -8.20. The molecule has 12 rings (SSSR count). The highest BCUT2D eigenvalue weighted by Crippen LogP contribution is 2.38. The molecule has 2 heteroatoms. The molecule has 0 unspecified atom stereocenters. The summed E-state index contributed by atoms with van der Waals surface area (Å²) in [6, 6.07) is 88.3. The van der Waals surface area contributed by atoms with Crippen LogP contribution >= 0.6 is 0 Å². The molecule has 0 radical (unpaired) electrons. The van der Waals surface area contributed by atoms with Crippen molar-refractivity contribution in [1.82, 2.24) is 9.13 Å². The summed E-state index contributed by atoms with van der Waals surface area (Å²) in [5.41, 5.74) is 19.3. The molecule has 290 valence electrons. The van der Waals surface area contributed by atoms with E-state index in [4.69, 9.17) is 0 Å². The molecule has 0 N–H and O–H groups in total. The van der Waals surface area contributed by atoms with Crippen molar-refractivity contribution >= 4 is 43.6 Å². The van der Waals surface area contributed by atoms with Crippen LogP contribution in [0.2, 0.25) is 0 Å². The summed E-state index contributed by atoms with van der Waals surface area (Å²) in [6.07, 6.45) is 0. The molecule has 0 amide bonds. The van der Waals surface area contributed by atoms with E-state index in [2.05, 4.69) is 252 Å². The van der Waals surface area contributed by atoms with Crippen molar-refractivity contribution in [2.75, 3.05) is 0 Å². The summed E-state index contributed by atoms with van der Waals surface area (Å²) >= 11 is 0. The van der Waals surface area contributed by atoms with E-state index >= 15 is 0 Å². The first-order chi connectivity index (χ1) is 30.7. The summed E-state index contributed by atoms with van der Waals surface area (Å²) in [6.45, 7) is 0. The van der Waals surface area contributed by atoms with E-state index in [0.29, 0.717) is 0 Å². The largest absolute Gasteiger partial charge is 0.309 e. The standard InChI is InChI=1S/C60H40N2/c1-3-17-51(18-4-1)61-57-23-9-7-21-53(57)55-39-49(33-35-59(55)61)43-29-25-41(26-30-43)45-13-11-15-47(37-45)48-16-12-14-46(38-48)42-27-31-44(32-28-42)50-34-36-60-56(40-50)54-22-8-10-24-58(54)62(60)52-19-5-2-6-20-52/h1-40H. The van der Waals surface area contributed by atoms with Gasteiger partial charge in [-0.05, 0) is 128 Å². The average Bonchev–Trinajstić information content (AvgIpc) is 3.87. The Labute approximate surface area is 360 Å². The van der Waals surface area contributed by atoms with Gasteiger partial charge in [0.2, 0.25) is 0 Å². The Bertz CT molecular complexity index is 3350. The molecular formula is C60H40N2. The van der Waals surface area contributed by atoms with Crippen molar-refractivity contribution in [3.8, 4) is 67.0 Å². The van der Waals surface area contributed by atoms with Gasteiger partial charge in [-0.15, -0.1) is 0 Å². The van der Waals surface area contributed by atoms with E-state index < -0.39 is 0 Å². The van der Waals surface area contributed by atoms with Crippen molar-refractivity contribution in [3.05, 3.63) is 243 Å². The third-order valence-electron chi connectivity index (χ3n) is 12.5. The highest BCUT2D eigenvalue weighted by molar-refractivity contribution is 6.11. The van der Waals surface area contributed by atoms with E-state index in [1.165, 1.54) is 111 Å². The second kappa shape index (κ2) is 14.8. The molecule has 0 aliphatic carbocycles. The van der Waals surface area contributed by atoms with E-state index in [9.17, 15) is 0 Å². The zero-order chi connectivity index (χ0) is 41.0. The summed E-state index contributed by atoms with van der Waals surface area (Å²) < 4.78 is 4.73. The molecular weight excluding hydrogens is 749 g/mol. The fourth-order valence-electron chi connectivity index (χ4n) is 9.48. The van der Waals surface area contributed by atoms with Gasteiger partial charge in [-0.3, -0.25) is 0 Å². The zero-order valence-electron chi connectivity index (χ0n) is 34.0. The minimum atomic E-state index is 1.17. The second-order valence-corrected chi connectivity index (χ2v) is 16.2. The maximum absolute atomic E-state index is 2.37. The highest BCUT2D eigenvalue weighted by atomic mass is 15.0. The first-order valence-corrected chi connectivity index (χ1v) is 21.3. The molecule has 12 aromatic rings. The van der Waals surface area contributed by atoms with Gasteiger partial charge in [0.05, 0.1) is 22.1 Å². The monoisotopic (exact) mass is 788 g/mol. The molecule has 0 atom stereocenters. The molecule has 62 heavy (non-hydrogen) atoms. The van der Waals surface area contributed by atoms with Crippen LogP contribution in [0.5, 0.6) is 0 Å². The van der Waals surface area contributed by atoms with Gasteiger partial charge < -0.3 is 9.13 Å². The lowest BCUT2D eigenvalue weighted by atomic mass is 9.94. The van der Waals surface area contributed by atoms with Gasteiger partial charge >= 0.3 is 0 Å². The van der Waals surface area contributed by atoms with Gasteiger partial charge in [0, 0.05) is 32.9 Å². The van der Waals surface area contributed by atoms with Crippen molar-refractivity contribution in [1.29, 1.82) is 0 Å². The van der Waals surface area contributed by atoms with Gasteiger partial charge in [-0.25, -0.2) is 0 Å². The molecule has 10 aromatic carbocycles. The maximum Gasteiger partial charge on any atom is 0.0541 e. The van der Waals surface area contributed by atoms with E-state index in [-0.39, 0.29) is 0 Å². The number of benzene rings is 10. The Kier molecular flexibility index (Phi) is 8.53. The molecule has 0 aliphatic rings. The maximum atomic E-state index is 2.37. The molecule has 0 bridgehead atoms. The predicted octanol–water partition coefficient (Wildman–Crippen LogP) is 16.2. The number of aromatic nitrogens is 2. The number of fused-ring (bicyclic) bond motifs is 6. The molecule has 2 aromatic heterocycles. The Morgan fingerprint density at radius 2 is 0.468 bits per heavy atom. The van der Waals surface area contributed by atoms with Crippen LogP contribution in [-0.2, 0) is 0 Å². The summed E-state index contributed by atoms with van der Waals surface area (Å²) in [4.78, 5) is 0. The summed E-state index contributed by atoms with van der Waals surface area (Å²) in [7, 11) is 0. The van der Waals surface area contributed by atoms with Crippen LogP contribution in [0.3, 0.4) is 0 Å². The minimum absolute atomic E-state index is 1.17. The molecule has 0 spiro atoms. The number of hydrogen-bond donors (Lipinski definition) is 0. The van der Waals surface area contributed by atoms with Crippen molar-refractivity contribution in [2.24, 2.45) is 0 Å². The third kappa shape index (κ3) is 6.12. The smallest absolute Gasteiger partial charge is 0.0541 e. The zero-order valence-corrected chi connectivity index (χ0v) is 34.0. The third-order valence-corrected chi connectivity index (χ3v) is 12.5. The Morgan fingerprint density at radius 3 is 0.855 bits per heavy atom. The van der Waals surface area contributed by atoms with Crippen molar-refractivity contribution < 1.29 is 0 Å². The van der Waals surface area contributed by atoms with Crippen LogP contribution in [0.15, 0.2) is 243 Å². The van der Waals surface area contributed by atoms with Crippen LogP contribution < -0.4 is 0 Å². The Balaban J connectivity index is 0.810. The van der Waals surface area contributed by atoms with Crippen LogP contribution in [0.1, 0.15) is 0 Å². The lowest BCUT2D eigenvalue weighted by Crippen LogP contribution is -1.92. The Morgan fingerprint density at radius 1 is 0.177 bits per heavy atom. The number of hydrogen-bond acceptors (Lipinski definition) is 0. The average molecular weight is 789 g/mol. The number of rotatable bonds is 7. The van der Waals surface area contributed by atoms with Gasteiger partial charge in [-0.1, -0.05) is 170 Å². The molecule has 2 heterocycles. The topological polar surface area (TPSA) is 9.86 Å². The first kappa shape index (κ1) is 35.7. The van der Waals surface area contributed by atoms with Crippen LogP contribution in [-0.4, -0.2) is 9.13 Å². The fourth-order valence-corrected chi connectivity index (χ4v) is 9.48. The molecule has 0 fully saturated rings. The highest BCUT2D eigenvalue weighted by Gasteiger charge is 2.15. The predicted molar refractivity (Wildman–Crippen MR) is 262 cm³/mol. The van der Waals surface area contributed by atoms with Gasteiger partial charge in [-0.2, -0.15) is 0 Å². The first-order valence-electron chi connectivity index (χ1n) is 21.3. The van der Waals surface area contributed by atoms with E-state index in [0.717, 1.165) is 0 Å². The van der Waals surface area contributed by atoms with Crippen molar-refractivity contribution in [2.45, 2.75) is 0 Å². The van der Waals surface area contributed by atoms with E-state index in [1.807, 2.05) is 0 Å². The minimum Gasteiger partial charge on any atom is -0.309 e. The van der Waals surface area contributed by atoms with Crippen molar-refractivity contribution in [3.63, 3.8) is 0 Å². The van der Waals surface area contributed by atoms with Crippen LogP contribution in [0.4, 0.5) is 0 Å². The number of nitrogens with zero attached hydrogens (tertiary/aromatic N) is 2. The fraction of sp³-hybridized carbons (Fsp3) is 0. The lowest BCUT2D eigenvalue weighted by Gasteiger charge is -2.10. The van der Waals surface area contributed by atoms with E-state index in [1.54, 1.807) is 0 Å². The number of para-hydroxylation sites is 4. The quantitative estimate of drug-likeness (QED) is 0.152. The van der Waals surface area contributed by atoms with Crippen LogP contribution in [0.25, 0.3) is 111 Å².